The van der Waals surface area contributed by atoms with E-state index in [1.54, 1.807) is 6.07 Å². The summed E-state index contributed by atoms with van der Waals surface area (Å²) in [7, 11) is 0. The normalized spacial score (nSPS) is 14.4. The third-order valence-corrected chi connectivity index (χ3v) is 5.28. The van der Waals surface area contributed by atoms with Crippen molar-refractivity contribution in [1.29, 1.82) is 0 Å². The third kappa shape index (κ3) is 4.89. The molecule has 4 N–H and O–H groups in total. The number of nitrogens with one attached hydrogen (secondary N) is 2. The lowest BCUT2D eigenvalue weighted by molar-refractivity contribution is 0.248. The predicted octanol–water partition coefficient (Wildman–Crippen LogP) is 3.30. The second-order valence-corrected chi connectivity index (χ2v) is 7.53. The second kappa shape index (κ2) is 9.00. The van der Waals surface area contributed by atoms with Crippen molar-refractivity contribution in [3.05, 3.63) is 36.8 Å². The molecule has 8 nitrogen and oxygen atoms in total. The molecule has 0 bridgehead atoms. The molecule has 0 aliphatic heterocycles. The zero-order valence-corrected chi connectivity index (χ0v) is 16.5. The van der Waals surface area contributed by atoms with Gasteiger partial charge in [-0.3, -0.25) is 15.0 Å². The van der Waals surface area contributed by atoms with Gasteiger partial charge in [-0.2, -0.15) is 5.10 Å². The molecule has 8 heteroatoms. The Balaban J connectivity index is 1.47. The summed E-state index contributed by atoms with van der Waals surface area (Å²) in [5.74, 6) is 0.518. The number of pyridine rings is 2. The minimum absolute atomic E-state index is 0.202. The monoisotopic (exact) mass is 393 g/mol. The van der Waals surface area contributed by atoms with E-state index in [2.05, 4.69) is 25.7 Å². The summed E-state index contributed by atoms with van der Waals surface area (Å²) in [6.45, 7) is 1.55. The molecule has 29 heavy (non-hydrogen) atoms. The predicted molar refractivity (Wildman–Crippen MR) is 113 cm³/mol. The largest absolute Gasteiger partial charge is 0.335 e. The molecule has 4 rings (SSSR count). The summed E-state index contributed by atoms with van der Waals surface area (Å²) in [4.78, 5) is 21.3. The molecule has 1 aliphatic rings. The number of hydrogen-bond acceptors (Lipinski definition) is 5. The van der Waals surface area contributed by atoms with Crippen molar-refractivity contribution in [3.63, 3.8) is 0 Å². The zero-order chi connectivity index (χ0) is 20.1. The van der Waals surface area contributed by atoms with Crippen molar-refractivity contribution in [2.24, 2.45) is 5.73 Å². The summed E-state index contributed by atoms with van der Waals surface area (Å²) in [6.07, 6.45) is 12.1. The van der Waals surface area contributed by atoms with Crippen LogP contribution in [-0.2, 0) is 6.54 Å². The number of hydrogen-bond donors (Lipinski definition) is 3. The number of nitrogens with zero attached hydrogens (tertiary/aromatic N) is 4. The van der Waals surface area contributed by atoms with Gasteiger partial charge in [-0.25, -0.2) is 9.78 Å². The molecular weight excluding hydrogens is 366 g/mol. The van der Waals surface area contributed by atoms with Crippen molar-refractivity contribution in [2.45, 2.75) is 51.1 Å². The average Bonchev–Trinajstić information content (AvgIpc) is 3.40. The van der Waals surface area contributed by atoms with Gasteiger partial charge in [0.15, 0.2) is 0 Å². The summed E-state index contributed by atoms with van der Waals surface area (Å²) < 4.78 is 1.92. The van der Waals surface area contributed by atoms with Crippen LogP contribution in [0.4, 0.5) is 10.6 Å². The number of rotatable bonds is 7. The van der Waals surface area contributed by atoms with Gasteiger partial charge in [0.1, 0.15) is 5.82 Å². The maximum Gasteiger partial charge on any atom is 0.320 e. The van der Waals surface area contributed by atoms with Crippen molar-refractivity contribution in [1.82, 2.24) is 25.1 Å². The van der Waals surface area contributed by atoms with E-state index in [9.17, 15) is 4.79 Å². The summed E-state index contributed by atoms with van der Waals surface area (Å²) in [6, 6.07) is 5.69. The van der Waals surface area contributed by atoms with Crippen LogP contribution in [0, 0.1) is 0 Å². The quantitative estimate of drug-likeness (QED) is 0.533. The van der Waals surface area contributed by atoms with Crippen LogP contribution in [0.3, 0.4) is 0 Å². The molecule has 1 saturated carbocycles. The van der Waals surface area contributed by atoms with Gasteiger partial charge in [-0.15, -0.1) is 0 Å². The molecule has 152 valence electrons. The Labute approximate surface area is 169 Å². The lowest BCUT2D eigenvalue weighted by Gasteiger charge is -2.12. The topological polar surface area (TPSA) is 111 Å². The zero-order valence-electron chi connectivity index (χ0n) is 16.5. The van der Waals surface area contributed by atoms with Gasteiger partial charge >= 0.3 is 6.03 Å². The van der Waals surface area contributed by atoms with Gasteiger partial charge in [0.05, 0.1) is 17.2 Å². The first-order chi connectivity index (χ1) is 14.2. The number of carbonyl (C=O) groups is 1. The summed E-state index contributed by atoms with van der Waals surface area (Å²) >= 11 is 0. The van der Waals surface area contributed by atoms with E-state index in [0.717, 1.165) is 54.4 Å². The molecule has 0 atom stereocenters. The van der Waals surface area contributed by atoms with Gasteiger partial charge in [0.25, 0.3) is 0 Å². The van der Waals surface area contributed by atoms with Crippen LogP contribution in [-0.4, -0.2) is 38.4 Å². The van der Waals surface area contributed by atoms with Crippen LogP contribution < -0.4 is 16.4 Å². The number of nitrogens with two attached hydrogens (primary N) is 1. The summed E-state index contributed by atoms with van der Waals surface area (Å²) in [5.41, 5.74) is 9.00. The van der Waals surface area contributed by atoms with Crippen molar-refractivity contribution >= 4 is 22.9 Å². The fourth-order valence-corrected chi connectivity index (χ4v) is 3.70. The highest BCUT2D eigenvalue weighted by atomic mass is 16.2. The standard InChI is InChI=1S/C21H27N7O/c22-9-3-4-10-28-14-16(13-24-28)15-11-19-18(23-12-15)7-8-20(26-19)27-21(29)25-17-5-1-2-6-17/h7-8,11-14,17H,1-6,9-10,22H2,(H2,25,26,27,29). The third-order valence-electron chi connectivity index (χ3n) is 5.28. The lowest BCUT2D eigenvalue weighted by atomic mass is 10.1. The maximum atomic E-state index is 12.2. The average molecular weight is 393 g/mol. The fourth-order valence-electron chi connectivity index (χ4n) is 3.70. The first kappa shape index (κ1) is 19.3. The fraction of sp³-hybridized carbons (Fsp3) is 0.429. The van der Waals surface area contributed by atoms with Crippen LogP contribution >= 0.6 is 0 Å². The molecule has 1 aliphatic carbocycles. The van der Waals surface area contributed by atoms with Crippen LogP contribution in [0.1, 0.15) is 38.5 Å². The van der Waals surface area contributed by atoms with Gasteiger partial charge in [-0.05, 0) is 50.4 Å². The number of unbranched alkanes of at least 4 members (excludes halogenated alkanes) is 1. The number of aromatic nitrogens is 4. The Kier molecular flexibility index (Phi) is 6.00. The molecule has 0 spiro atoms. The molecule has 2 amide bonds. The molecule has 1 fully saturated rings. The Morgan fingerprint density at radius 3 is 2.83 bits per heavy atom. The molecule has 0 saturated heterocycles. The van der Waals surface area contributed by atoms with Gasteiger partial charge in [0, 0.05) is 36.1 Å². The Hall–Kier alpha value is -3.00. The van der Waals surface area contributed by atoms with Crippen LogP contribution in [0.15, 0.2) is 36.8 Å². The van der Waals surface area contributed by atoms with Gasteiger partial charge < -0.3 is 11.1 Å². The summed E-state index contributed by atoms with van der Waals surface area (Å²) in [5, 5.41) is 10.3. The molecule has 3 aromatic rings. The highest BCUT2D eigenvalue weighted by molar-refractivity contribution is 5.90. The lowest BCUT2D eigenvalue weighted by Crippen LogP contribution is -2.36. The van der Waals surface area contributed by atoms with E-state index in [4.69, 9.17) is 5.73 Å². The molecule has 0 unspecified atom stereocenters. The Morgan fingerprint density at radius 1 is 1.14 bits per heavy atom. The molecular formula is C21H27N7O. The SMILES string of the molecule is NCCCCn1cc(-c2cnc3ccc(NC(=O)NC4CCCC4)nc3c2)cn1. The van der Waals surface area contributed by atoms with E-state index in [1.165, 1.54) is 12.8 Å². The van der Waals surface area contributed by atoms with Crippen LogP contribution in [0.2, 0.25) is 0 Å². The molecule has 0 radical (unpaired) electrons. The number of anilines is 1. The first-order valence-corrected chi connectivity index (χ1v) is 10.3. The van der Waals surface area contributed by atoms with E-state index in [0.29, 0.717) is 12.4 Å². The van der Waals surface area contributed by atoms with E-state index in [1.807, 2.05) is 35.4 Å². The van der Waals surface area contributed by atoms with Crippen LogP contribution in [0.5, 0.6) is 0 Å². The number of urea groups is 1. The number of amides is 2. The first-order valence-electron chi connectivity index (χ1n) is 10.3. The Bertz CT molecular complexity index is 978. The van der Waals surface area contributed by atoms with E-state index < -0.39 is 0 Å². The minimum atomic E-state index is -0.202. The highest BCUT2D eigenvalue weighted by Gasteiger charge is 2.17. The maximum absolute atomic E-state index is 12.2. The minimum Gasteiger partial charge on any atom is -0.335 e. The highest BCUT2D eigenvalue weighted by Crippen LogP contribution is 2.23. The second-order valence-electron chi connectivity index (χ2n) is 7.53. The number of aryl methyl sites for hydroxylation is 1. The molecule has 0 aromatic carbocycles. The number of carbonyl (C=O) groups excluding carboxylic acids is 1. The van der Waals surface area contributed by atoms with Crippen molar-refractivity contribution < 1.29 is 4.79 Å². The molecule has 3 heterocycles. The number of fused-ring (bicyclic) bond motifs is 1. The van der Waals surface area contributed by atoms with E-state index >= 15 is 0 Å². The van der Waals surface area contributed by atoms with E-state index in [-0.39, 0.29) is 12.1 Å². The van der Waals surface area contributed by atoms with Crippen molar-refractivity contribution in [2.75, 3.05) is 11.9 Å². The Morgan fingerprint density at radius 2 is 2.00 bits per heavy atom. The van der Waals surface area contributed by atoms with Gasteiger partial charge in [-0.1, -0.05) is 12.8 Å². The molecule has 3 aromatic heterocycles. The van der Waals surface area contributed by atoms with Gasteiger partial charge in [0.2, 0.25) is 0 Å². The van der Waals surface area contributed by atoms with Crippen molar-refractivity contribution in [3.8, 4) is 11.1 Å². The smallest absolute Gasteiger partial charge is 0.320 e. The van der Waals surface area contributed by atoms with Crippen LogP contribution in [0.25, 0.3) is 22.2 Å².